The minimum absolute atomic E-state index is 0.0384. The van der Waals surface area contributed by atoms with Crippen molar-refractivity contribution in [3.8, 4) is 0 Å². The van der Waals surface area contributed by atoms with Crippen LogP contribution in [0, 0.1) is 0 Å². The van der Waals surface area contributed by atoms with Crippen molar-refractivity contribution in [2.75, 3.05) is 31.2 Å². The van der Waals surface area contributed by atoms with Crippen LogP contribution in [-0.4, -0.2) is 62.8 Å². The number of amides is 1. The number of anilines is 1. The van der Waals surface area contributed by atoms with Crippen LogP contribution in [0.4, 0.5) is 5.95 Å². The summed E-state index contributed by atoms with van der Waals surface area (Å²) in [5.41, 5.74) is 2.14. The summed E-state index contributed by atoms with van der Waals surface area (Å²) >= 11 is 0. The topological polar surface area (TPSA) is 97.5 Å². The SMILES string of the molecule is O=C(NC1CCN(c2nccc(C3CCOCC3)n2)C1)c1cnn2cccnc12. The molecular formula is C20H23N7O2. The Kier molecular flexibility index (Phi) is 4.81. The Bertz CT molecular complexity index is 1010. The predicted molar refractivity (Wildman–Crippen MR) is 106 cm³/mol. The van der Waals surface area contributed by atoms with Gasteiger partial charge in [-0.1, -0.05) is 0 Å². The second-order valence-electron chi connectivity index (χ2n) is 7.52. The summed E-state index contributed by atoms with van der Waals surface area (Å²) in [6, 6.07) is 3.83. The van der Waals surface area contributed by atoms with Crippen molar-refractivity contribution in [1.29, 1.82) is 0 Å². The Morgan fingerprint density at radius 1 is 1.17 bits per heavy atom. The van der Waals surface area contributed by atoms with Gasteiger partial charge >= 0.3 is 0 Å². The van der Waals surface area contributed by atoms with Crippen molar-refractivity contribution in [3.63, 3.8) is 0 Å². The summed E-state index contributed by atoms with van der Waals surface area (Å²) in [6.45, 7) is 3.09. The van der Waals surface area contributed by atoms with Crippen LogP contribution < -0.4 is 10.2 Å². The minimum atomic E-state index is -0.151. The van der Waals surface area contributed by atoms with Gasteiger partial charge in [-0.25, -0.2) is 19.5 Å². The fraction of sp³-hybridized carbons (Fsp3) is 0.450. The second-order valence-corrected chi connectivity index (χ2v) is 7.52. The molecule has 5 rings (SSSR count). The number of rotatable bonds is 4. The van der Waals surface area contributed by atoms with E-state index in [1.807, 2.05) is 12.3 Å². The van der Waals surface area contributed by atoms with Gasteiger partial charge in [-0.2, -0.15) is 5.10 Å². The number of hydrogen-bond donors (Lipinski definition) is 1. The van der Waals surface area contributed by atoms with Crippen molar-refractivity contribution >= 4 is 17.5 Å². The number of fused-ring (bicyclic) bond motifs is 1. The Morgan fingerprint density at radius 2 is 2.07 bits per heavy atom. The van der Waals surface area contributed by atoms with Gasteiger partial charge < -0.3 is 15.0 Å². The molecule has 0 saturated carbocycles. The Labute approximate surface area is 168 Å². The van der Waals surface area contributed by atoms with Crippen molar-refractivity contribution in [2.24, 2.45) is 0 Å². The average molecular weight is 393 g/mol. The lowest BCUT2D eigenvalue weighted by Gasteiger charge is -2.23. The highest BCUT2D eigenvalue weighted by Crippen LogP contribution is 2.27. The summed E-state index contributed by atoms with van der Waals surface area (Å²) in [7, 11) is 0. The van der Waals surface area contributed by atoms with Crippen LogP contribution in [0.15, 0.2) is 36.9 Å². The lowest BCUT2D eigenvalue weighted by Crippen LogP contribution is -2.37. The van der Waals surface area contributed by atoms with Gasteiger partial charge in [0.2, 0.25) is 5.95 Å². The van der Waals surface area contributed by atoms with Gasteiger partial charge in [0.1, 0.15) is 5.56 Å². The molecule has 150 valence electrons. The van der Waals surface area contributed by atoms with Crippen molar-refractivity contribution in [2.45, 2.75) is 31.2 Å². The summed E-state index contributed by atoms with van der Waals surface area (Å²) in [5.74, 6) is 1.03. The maximum atomic E-state index is 12.7. The van der Waals surface area contributed by atoms with E-state index in [0.29, 0.717) is 23.7 Å². The normalized spacial score (nSPS) is 20.3. The lowest BCUT2D eigenvalue weighted by atomic mass is 9.96. The van der Waals surface area contributed by atoms with E-state index in [2.05, 4.69) is 25.3 Å². The molecule has 29 heavy (non-hydrogen) atoms. The first-order valence-electron chi connectivity index (χ1n) is 10.0. The van der Waals surface area contributed by atoms with E-state index in [0.717, 1.165) is 50.7 Å². The minimum Gasteiger partial charge on any atom is -0.381 e. The van der Waals surface area contributed by atoms with Crippen molar-refractivity contribution in [1.82, 2.24) is 29.9 Å². The molecule has 2 aliphatic heterocycles. The molecule has 2 fully saturated rings. The number of carbonyl (C=O) groups is 1. The molecule has 0 bridgehead atoms. The fourth-order valence-corrected chi connectivity index (χ4v) is 4.05. The molecule has 2 aliphatic rings. The molecule has 9 nitrogen and oxygen atoms in total. The van der Waals surface area contributed by atoms with Crippen LogP contribution in [0.1, 0.15) is 41.2 Å². The highest BCUT2D eigenvalue weighted by atomic mass is 16.5. The summed E-state index contributed by atoms with van der Waals surface area (Å²) in [6.07, 6.45) is 9.69. The number of aromatic nitrogens is 5. The van der Waals surface area contributed by atoms with Gasteiger partial charge in [0, 0.05) is 62.5 Å². The molecule has 1 amide bonds. The lowest BCUT2D eigenvalue weighted by molar-refractivity contribution is 0.0845. The van der Waals surface area contributed by atoms with E-state index >= 15 is 0 Å². The number of ether oxygens (including phenoxy) is 1. The zero-order valence-electron chi connectivity index (χ0n) is 16.1. The molecule has 0 radical (unpaired) electrons. The Morgan fingerprint density at radius 3 is 2.97 bits per heavy atom. The smallest absolute Gasteiger partial charge is 0.257 e. The van der Waals surface area contributed by atoms with E-state index in [-0.39, 0.29) is 11.9 Å². The Hall–Kier alpha value is -3.07. The molecule has 5 heterocycles. The number of carbonyl (C=O) groups excluding carboxylic acids is 1. The number of nitrogens with zero attached hydrogens (tertiary/aromatic N) is 6. The quantitative estimate of drug-likeness (QED) is 0.716. The molecule has 9 heteroatoms. The third kappa shape index (κ3) is 3.65. The average Bonchev–Trinajstić information content (AvgIpc) is 3.42. The van der Waals surface area contributed by atoms with Gasteiger partial charge in [-0.05, 0) is 31.4 Å². The fourth-order valence-electron chi connectivity index (χ4n) is 4.05. The zero-order valence-corrected chi connectivity index (χ0v) is 16.1. The van der Waals surface area contributed by atoms with E-state index in [1.54, 1.807) is 29.2 Å². The van der Waals surface area contributed by atoms with E-state index in [9.17, 15) is 4.79 Å². The number of hydrogen-bond acceptors (Lipinski definition) is 7. The molecule has 0 aromatic carbocycles. The first-order chi connectivity index (χ1) is 14.3. The van der Waals surface area contributed by atoms with E-state index in [4.69, 9.17) is 9.72 Å². The highest BCUT2D eigenvalue weighted by Gasteiger charge is 2.28. The molecule has 0 aliphatic carbocycles. The zero-order chi connectivity index (χ0) is 19.6. The van der Waals surface area contributed by atoms with Gasteiger partial charge in [-0.15, -0.1) is 0 Å². The van der Waals surface area contributed by atoms with Crippen LogP contribution in [0.2, 0.25) is 0 Å². The van der Waals surface area contributed by atoms with Gasteiger partial charge in [-0.3, -0.25) is 4.79 Å². The predicted octanol–water partition coefficient (Wildman–Crippen LogP) is 1.42. The summed E-state index contributed by atoms with van der Waals surface area (Å²) < 4.78 is 7.06. The maximum absolute atomic E-state index is 12.7. The molecule has 2 saturated heterocycles. The molecule has 1 N–H and O–H groups in total. The molecular weight excluding hydrogens is 370 g/mol. The van der Waals surface area contributed by atoms with Gasteiger partial charge in [0.25, 0.3) is 5.91 Å². The monoisotopic (exact) mass is 393 g/mol. The third-order valence-corrected chi connectivity index (χ3v) is 5.63. The first-order valence-corrected chi connectivity index (χ1v) is 10.0. The standard InChI is InChI=1S/C20H23N7O2/c28-19(16-12-23-27-8-1-6-21-18(16)27)24-15-3-9-26(13-15)20-22-7-2-17(25-20)14-4-10-29-11-5-14/h1-2,6-8,12,14-15H,3-5,9-11,13H2,(H,24,28). The molecule has 1 atom stereocenters. The molecule has 3 aromatic heterocycles. The summed E-state index contributed by atoms with van der Waals surface area (Å²) in [4.78, 5) is 28.4. The van der Waals surface area contributed by atoms with E-state index in [1.165, 1.54) is 0 Å². The molecule has 1 unspecified atom stereocenters. The maximum Gasteiger partial charge on any atom is 0.257 e. The van der Waals surface area contributed by atoms with E-state index < -0.39 is 0 Å². The van der Waals surface area contributed by atoms with Crippen molar-refractivity contribution in [3.05, 3.63) is 48.2 Å². The third-order valence-electron chi connectivity index (χ3n) is 5.63. The second kappa shape index (κ2) is 7.75. The van der Waals surface area contributed by atoms with Crippen LogP contribution in [0.25, 0.3) is 5.65 Å². The van der Waals surface area contributed by atoms with Crippen LogP contribution in [0.5, 0.6) is 0 Å². The number of nitrogens with one attached hydrogen (secondary N) is 1. The largest absolute Gasteiger partial charge is 0.381 e. The molecule has 0 spiro atoms. The summed E-state index contributed by atoms with van der Waals surface area (Å²) in [5, 5.41) is 7.29. The highest BCUT2D eigenvalue weighted by molar-refractivity contribution is 5.99. The Balaban J connectivity index is 1.25. The first kappa shape index (κ1) is 18.0. The van der Waals surface area contributed by atoms with Crippen molar-refractivity contribution < 1.29 is 9.53 Å². The van der Waals surface area contributed by atoms with Gasteiger partial charge in [0.05, 0.1) is 6.20 Å². The molecule has 3 aromatic rings. The van der Waals surface area contributed by atoms with Crippen LogP contribution in [0.3, 0.4) is 0 Å². The van der Waals surface area contributed by atoms with Gasteiger partial charge in [0.15, 0.2) is 5.65 Å². The van der Waals surface area contributed by atoms with Crippen LogP contribution >= 0.6 is 0 Å². The van der Waals surface area contributed by atoms with Crippen LogP contribution in [-0.2, 0) is 4.74 Å².